The van der Waals surface area contributed by atoms with E-state index in [-0.39, 0.29) is 17.6 Å². The third-order valence-electron chi connectivity index (χ3n) is 4.22. The van der Waals surface area contributed by atoms with E-state index in [4.69, 9.17) is 5.73 Å². The van der Waals surface area contributed by atoms with Gasteiger partial charge in [0.1, 0.15) is 11.6 Å². The summed E-state index contributed by atoms with van der Waals surface area (Å²) in [6.45, 7) is 0. The van der Waals surface area contributed by atoms with Crippen LogP contribution in [0.3, 0.4) is 0 Å². The van der Waals surface area contributed by atoms with E-state index in [0.717, 1.165) is 18.2 Å². The van der Waals surface area contributed by atoms with Gasteiger partial charge in [-0.25, -0.2) is 9.97 Å². The van der Waals surface area contributed by atoms with Crippen LogP contribution in [0.5, 0.6) is 0 Å². The molecular formula is C18H16N4O2. The van der Waals surface area contributed by atoms with Gasteiger partial charge in [0, 0.05) is 29.5 Å². The van der Waals surface area contributed by atoms with Crippen LogP contribution in [0.1, 0.15) is 25.0 Å². The third kappa shape index (κ3) is 2.67. The quantitative estimate of drug-likeness (QED) is 0.905. The van der Waals surface area contributed by atoms with Crippen LogP contribution in [0.2, 0.25) is 0 Å². The zero-order chi connectivity index (χ0) is 16.7. The molecule has 2 aliphatic carbocycles. The molecule has 1 saturated carbocycles. The minimum Gasteiger partial charge on any atom is -0.383 e. The van der Waals surface area contributed by atoms with Gasteiger partial charge >= 0.3 is 0 Å². The van der Waals surface area contributed by atoms with E-state index in [2.05, 4.69) is 15.3 Å². The number of nitrogens with one attached hydrogen (secondary N) is 1. The molecule has 120 valence electrons. The Morgan fingerprint density at radius 3 is 2.88 bits per heavy atom. The Morgan fingerprint density at radius 1 is 1.29 bits per heavy atom. The Balaban J connectivity index is 1.74. The fraction of sp³-hybridized carbons (Fsp3) is 0.222. The highest BCUT2D eigenvalue weighted by Crippen LogP contribution is 2.31. The topological polar surface area (TPSA) is 98.0 Å². The molecule has 2 aromatic rings. The molecule has 24 heavy (non-hydrogen) atoms. The Morgan fingerprint density at radius 2 is 2.12 bits per heavy atom. The molecule has 0 atom stereocenters. The Hall–Kier alpha value is -3.02. The van der Waals surface area contributed by atoms with Crippen molar-refractivity contribution in [3.8, 4) is 0 Å². The number of amides is 1. The van der Waals surface area contributed by atoms with Gasteiger partial charge < -0.3 is 11.1 Å². The van der Waals surface area contributed by atoms with Crippen molar-refractivity contribution in [2.24, 2.45) is 5.92 Å². The Bertz CT molecular complexity index is 926. The van der Waals surface area contributed by atoms with Crippen LogP contribution >= 0.6 is 0 Å². The molecule has 0 bridgehead atoms. The molecule has 0 aromatic carbocycles. The molecule has 0 spiro atoms. The first-order valence-corrected chi connectivity index (χ1v) is 7.89. The summed E-state index contributed by atoms with van der Waals surface area (Å²) in [5.74, 6) is 0.926. The number of aromatic nitrogens is 2. The van der Waals surface area contributed by atoms with Crippen molar-refractivity contribution in [1.29, 1.82) is 0 Å². The number of allylic oxidation sites excluding steroid dienone is 4. The molecule has 6 heteroatoms. The average molecular weight is 320 g/mol. The van der Waals surface area contributed by atoms with Crippen molar-refractivity contribution in [2.45, 2.75) is 19.3 Å². The maximum atomic E-state index is 12.1. The summed E-state index contributed by atoms with van der Waals surface area (Å²) in [5.41, 5.74) is 7.11. The molecule has 0 aliphatic heterocycles. The smallest absolute Gasteiger partial charge is 0.228 e. The lowest BCUT2D eigenvalue weighted by molar-refractivity contribution is -0.117. The number of hydrogen-bond acceptors (Lipinski definition) is 5. The number of Topliss-reactive ketones (excluding diaryl/α,β-unsaturated/α-hetero) is 1. The first-order chi connectivity index (χ1) is 11.6. The number of pyridine rings is 2. The molecule has 0 radical (unpaired) electrons. The van der Waals surface area contributed by atoms with Gasteiger partial charge in [-0.1, -0.05) is 12.2 Å². The number of nitrogens with zero attached hydrogens (tertiary/aromatic N) is 2. The average Bonchev–Trinajstić information content (AvgIpc) is 3.40. The number of rotatable bonds is 3. The van der Waals surface area contributed by atoms with Gasteiger partial charge in [-0.3, -0.25) is 9.59 Å². The number of hydrogen-bond donors (Lipinski definition) is 2. The first-order valence-electron chi connectivity index (χ1n) is 7.89. The van der Waals surface area contributed by atoms with Crippen molar-refractivity contribution in [3.63, 3.8) is 0 Å². The summed E-state index contributed by atoms with van der Waals surface area (Å²) in [5, 5.41) is 4.31. The first kappa shape index (κ1) is 14.6. The highest BCUT2D eigenvalue weighted by Gasteiger charge is 2.29. The van der Waals surface area contributed by atoms with Gasteiger partial charge in [0.05, 0.1) is 5.69 Å². The summed E-state index contributed by atoms with van der Waals surface area (Å²) in [7, 11) is 0. The second-order valence-electron chi connectivity index (χ2n) is 6.08. The molecule has 1 amide bonds. The number of carbonyl (C=O) groups is 2. The highest BCUT2D eigenvalue weighted by molar-refractivity contribution is 6.22. The van der Waals surface area contributed by atoms with Crippen molar-refractivity contribution >= 4 is 39.7 Å². The summed E-state index contributed by atoms with van der Waals surface area (Å²) in [4.78, 5) is 32.5. The van der Waals surface area contributed by atoms with E-state index >= 15 is 0 Å². The maximum Gasteiger partial charge on any atom is 0.228 e. The van der Waals surface area contributed by atoms with Gasteiger partial charge in [-0.2, -0.15) is 0 Å². The fourth-order valence-corrected chi connectivity index (χ4v) is 2.72. The molecule has 0 unspecified atom stereocenters. The van der Waals surface area contributed by atoms with E-state index in [0.29, 0.717) is 34.7 Å². The zero-order valence-electron chi connectivity index (χ0n) is 13.0. The summed E-state index contributed by atoms with van der Waals surface area (Å²) >= 11 is 0. The van der Waals surface area contributed by atoms with Crippen molar-refractivity contribution in [2.75, 3.05) is 11.1 Å². The minimum atomic E-state index is -0.000551. The number of carbonyl (C=O) groups excluding carboxylic acids is 2. The summed E-state index contributed by atoms with van der Waals surface area (Å²) in [6.07, 6.45) is 9.23. The van der Waals surface area contributed by atoms with Crippen LogP contribution in [0.4, 0.5) is 11.6 Å². The number of fused-ring (bicyclic) bond motifs is 1. The minimum absolute atomic E-state index is 0.000551. The standard InChI is InChI=1S/C18H16N4O2/c19-17-13-9-20-16(22-18(24)10-5-6-10)8-11(13)7-14(21-17)12-3-1-2-4-15(12)23/h1-3,7-10H,4-6H2,(H2,19,21)(H,20,22,24). The normalized spacial score (nSPS) is 17.0. The molecular weight excluding hydrogens is 304 g/mol. The number of nitrogen functional groups attached to an aromatic ring is 1. The molecule has 2 aliphatic rings. The lowest BCUT2D eigenvalue weighted by Crippen LogP contribution is -2.14. The monoisotopic (exact) mass is 320 g/mol. The van der Waals surface area contributed by atoms with Crippen molar-refractivity contribution < 1.29 is 9.59 Å². The third-order valence-corrected chi connectivity index (χ3v) is 4.22. The van der Waals surface area contributed by atoms with E-state index in [9.17, 15) is 9.59 Å². The summed E-state index contributed by atoms with van der Waals surface area (Å²) in [6, 6.07) is 3.57. The van der Waals surface area contributed by atoms with Gasteiger partial charge in [0.15, 0.2) is 5.78 Å². The van der Waals surface area contributed by atoms with Gasteiger partial charge in [-0.15, -0.1) is 0 Å². The second-order valence-corrected chi connectivity index (χ2v) is 6.08. The van der Waals surface area contributed by atoms with Crippen LogP contribution in [0.15, 0.2) is 36.6 Å². The largest absolute Gasteiger partial charge is 0.383 e. The summed E-state index contributed by atoms with van der Waals surface area (Å²) < 4.78 is 0. The lowest BCUT2D eigenvalue weighted by atomic mass is 9.99. The Kier molecular flexibility index (Phi) is 3.37. The molecule has 2 heterocycles. The van der Waals surface area contributed by atoms with Crippen molar-refractivity contribution in [3.05, 3.63) is 42.3 Å². The van der Waals surface area contributed by atoms with Crippen LogP contribution in [0, 0.1) is 5.92 Å². The lowest BCUT2D eigenvalue weighted by Gasteiger charge is -2.11. The zero-order valence-corrected chi connectivity index (χ0v) is 13.0. The second kappa shape index (κ2) is 5.56. The molecule has 3 N–H and O–H groups in total. The van der Waals surface area contributed by atoms with Crippen molar-refractivity contribution in [1.82, 2.24) is 9.97 Å². The highest BCUT2D eigenvalue weighted by atomic mass is 16.2. The van der Waals surface area contributed by atoms with E-state index in [1.54, 1.807) is 18.3 Å². The molecule has 2 aromatic heterocycles. The number of nitrogens with two attached hydrogens (primary N) is 1. The molecule has 1 fully saturated rings. The van der Waals surface area contributed by atoms with E-state index in [1.165, 1.54) is 0 Å². The van der Waals surface area contributed by atoms with E-state index < -0.39 is 0 Å². The van der Waals surface area contributed by atoms with Gasteiger partial charge in [0.2, 0.25) is 5.91 Å². The Labute approximate surface area is 138 Å². The maximum absolute atomic E-state index is 12.1. The predicted molar refractivity (Wildman–Crippen MR) is 92.0 cm³/mol. The predicted octanol–water partition coefficient (Wildman–Crippen LogP) is 2.47. The molecule has 0 saturated heterocycles. The van der Waals surface area contributed by atoms with Crippen LogP contribution in [0.25, 0.3) is 16.3 Å². The van der Waals surface area contributed by atoms with Gasteiger partial charge in [0.25, 0.3) is 0 Å². The van der Waals surface area contributed by atoms with Crippen LogP contribution in [-0.4, -0.2) is 21.7 Å². The number of anilines is 2. The molecule has 4 rings (SSSR count). The number of ketones is 1. The fourth-order valence-electron chi connectivity index (χ4n) is 2.72. The molecule has 6 nitrogen and oxygen atoms in total. The van der Waals surface area contributed by atoms with E-state index in [1.807, 2.05) is 18.2 Å². The SMILES string of the molecule is Nc1nc(C2=CC=CCC2=O)cc2cc(NC(=O)C3CC3)ncc12. The van der Waals surface area contributed by atoms with Gasteiger partial charge in [-0.05, 0) is 36.4 Å². The van der Waals surface area contributed by atoms with Crippen LogP contribution < -0.4 is 11.1 Å². The van der Waals surface area contributed by atoms with Crippen LogP contribution in [-0.2, 0) is 9.59 Å².